The van der Waals surface area contributed by atoms with Gasteiger partial charge in [0.2, 0.25) is 11.8 Å². The van der Waals surface area contributed by atoms with Crippen LogP contribution in [0, 0.1) is 17.5 Å². The Morgan fingerprint density at radius 3 is 2.33 bits per heavy atom. The molecule has 2 heterocycles. The van der Waals surface area contributed by atoms with Gasteiger partial charge in [0.15, 0.2) is 10.8 Å². The van der Waals surface area contributed by atoms with Gasteiger partial charge in [0.05, 0.1) is 11.9 Å². The average molecular weight is 475 g/mol. The van der Waals surface area contributed by atoms with Crippen molar-refractivity contribution in [1.29, 1.82) is 0 Å². The molecule has 0 atom stereocenters. The predicted molar refractivity (Wildman–Crippen MR) is 115 cm³/mol. The molecular weight excluding hydrogens is 459 g/mol. The number of thiazole rings is 1. The summed E-state index contributed by atoms with van der Waals surface area (Å²) in [6, 6.07) is 7.24. The summed E-state index contributed by atoms with van der Waals surface area (Å²) in [7, 11) is 0. The Hall–Kier alpha value is -3.86. The van der Waals surface area contributed by atoms with Gasteiger partial charge in [-0.3, -0.25) is 4.79 Å². The lowest BCUT2D eigenvalue weighted by molar-refractivity contribution is -0.116. The number of aromatic carboxylic acids is 1. The minimum absolute atomic E-state index is 0.00885. The number of carbonyl (C=O) groups excluding carboxylic acids is 1. The number of benzene rings is 2. The van der Waals surface area contributed by atoms with Gasteiger partial charge in [0.25, 0.3) is 0 Å². The highest BCUT2D eigenvalue weighted by atomic mass is 32.1. The molecule has 0 bridgehead atoms. The molecule has 0 spiro atoms. The van der Waals surface area contributed by atoms with E-state index >= 15 is 0 Å². The number of nitrogens with one attached hydrogen (secondary N) is 1. The zero-order valence-corrected chi connectivity index (χ0v) is 17.6. The van der Waals surface area contributed by atoms with E-state index in [0.717, 1.165) is 23.5 Å². The fraction of sp³-hybridized carbons (Fsp3) is 0.136. The first-order valence-corrected chi connectivity index (χ1v) is 10.5. The molecule has 0 saturated heterocycles. The molecule has 4 aromatic rings. The van der Waals surface area contributed by atoms with Gasteiger partial charge in [-0.2, -0.15) is 0 Å². The van der Waals surface area contributed by atoms with Gasteiger partial charge in [0.1, 0.15) is 17.5 Å². The van der Waals surface area contributed by atoms with Crippen LogP contribution in [0.5, 0.6) is 5.88 Å². The zero-order valence-electron chi connectivity index (χ0n) is 16.8. The van der Waals surface area contributed by atoms with Crippen molar-refractivity contribution in [2.45, 2.75) is 19.4 Å². The first-order valence-electron chi connectivity index (χ1n) is 9.65. The van der Waals surface area contributed by atoms with Gasteiger partial charge in [-0.15, -0.1) is 11.3 Å². The number of aromatic nitrogens is 2. The molecule has 2 aromatic carbocycles. The number of rotatable bonds is 7. The van der Waals surface area contributed by atoms with E-state index in [1.54, 1.807) is 0 Å². The summed E-state index contributed by atoms with van der Waals surface area (Å²) in [4.78, 5) is 27.1. The molecule has 33 heavy (non-hydrogen) atoms. The molecule has 0 aliphatic rings. The lowest BCUT2D eigenvalue weighted by Gasteiger charge is -2.11. The van der Waals surface area contributed by atoms with Gasteiger partial charge < -0.3 is 20.1 Å². The van der Waals surface area contributed by atoms with E-state index in [1.807, 2.05) is 0 Å². The van der Waals surface area contributed by atoms with Crippen molar-refractivity contribution < 1.29 is 33.0 Å². The molecule has 0 unspecified atom stereocenters. The molecule has 2 aromatic heterocycles. The first-order chi connectivity index (χ1) is 15.7. The van der Waals surface area contributed by atoms with Gasteiger partial charge in [-0.1, -0.05) is 12.1 Å². The third-order valence-corrected chi connectivity index (χ3v) is 5.77. The van der Waals surface area contributed by atoms with Gasteiger partial charge in [-0.05, 0) is 36.2 Å². The minimum Gasteiger partial charge on any atom is -0.494 e. The van der Waals surface area contributed by atoms with E-state index in [0.29, 0.717) is 5.56 Å². The number of amides is 1. The second-order valence-electron chi connectivity index (χ2n) is 7.15. The van der Waals surface area contributed by atoms with Crippen LogP contribution in [-0.4, -0.2) is 31.6 Å². The molecular formula is C22H16F3N3O4S. The Labute approximate surface area is 188 Å². The monoisotopic (exact) mass is 475 g/mol. The minimum atomic E-state index is -1.23. The van der Waals surface area contributed by atoms with Gasteiger partial charge in [0, 0.05) is 22.9 Å². The van der Waals surface area contributed by atoms with Crippen LogP contribution in [0.15, 0.2) is 41.8 Å². The van der Waals surface area contributed by atoms with E-state index < -0.39 is 35.2 Å². The van der Waals surface area contributed by atoms with Crippen LogP contribution in [0.2, 0.25) is 0 Å². The van der Waals surface area contributed by atoms with E-state index in [2.05, 4.69) is 10.3 Å². The summed E-state index contributed by atoms with van der Waals surface area (Å²) in [6.45, 7) is -0.00885. The number of fused-ring (bicyclic) bond motifs is 1. The van der Waals surface area contributed by atoms with E-state index in [1.165, 1.54) is 34.2 Å². The highest BCUT2D eigenvalue weighted by Gasteiger charge is 2.23. The summed E-state index contributed by atoms with van der Waals surface area (Å²) in [5, 5.41) is 23.0. The van der Waals surface area contributed by atoms with Crippen LogP contribution in [0.3, 0.4) is 0 Å². The fourth-order valence-electron chi connectivity index (χ4n) is 3.50. The highest BCUT2D eigenvalue weighted by molar-refractivity contribution is 7.14. The number of aromatic hydroxyl groups is 1. The van der Waals surface area contributed by atoms with Crippen molar-refractivity contribution in [1.82, 2.24) is 9.55 Å². The lowest BCUT2D eigenvalue weighted by Crippen LogP contribution is -2.14. The number of hydrogen-bond acceptors (Lipinski definition) is 5. The van der Waals surface area contributed by atoms with Crippen molar-refractivity contribution in [2.75, 3.05) is 5.32 Å². The second kappa shape index (κ2) is 8.94. The number of nitrogens with zero attached hydrogens (tertiary/aromatic N) is 2. The maximum absolute atomic E-state index is 14.7. The standard InChI is InChI=1S/C22H16F3N3O4S/c23-12-3-1-11(2-4-12)9-28-16(18-13(24)5-6-14(25)19(18)20(28)30)7-8-17(29)27-22-26-15(10-33-22)21(31)32/h1-6,10,30H,7-9H2,(H,31,32)(H,26,27,29). The maximum Gasteiger partial charge on any atom is 0.355 e. The largest absolute Gasteiger partial charge is 0.494 e. The lowest BCUT2D eigenvalue weighted by atomic mass is 10.1. The SMILES string of the molecule is O=C(CCc1c2c(F)ccc(F)c2c(O)n1Cc1ccc(F)cc1)Nc1nc(C(=O)O)cs1. The molecule has 1 amide bonds. The van der Waals surface area contributed by atoms with E-state index in [4.69, 9.17) is 5.11 Å². The molecule has 0 saturated carbocycles. The second-order valence-corrected chi connectivity index (χ2v) is 8.01. The number of carboxylic acids is 1. The average Bonchev–Trinajstić information content (AvgIpc) is 3.35. The van der Waals surface area contributed by atoms with Crippen LogP contribution in [0.4, 0.5) is 18.3 Å². The molecule has 4 rings (SSSR count). The molecule has 11 heteroatoms. The number of hydrogen-bond donors (Lipinski definition) is 3. The van der Waals surface area contributed by atoms with Crippen molar-refractivity contribution in [3.05, 3.63) is 76.2 Å². The Morgan fingerprint density at radius 2 is 1.70 bits per heavy atom. The van der Waals surface area contributed by atoms with Crippen LogP contribution in [-0.2, 0) is 17.8 Å². The van der Waals surface area contributed by atoms with Crippen LogP contribution >= 0.6 is 11.3 Å². The summed E-state index contributed by atoms with van der Waals surface area (Å²) < 4.78 is 43.6. The fourth-order valence-corrected chi connectivity index (χ4v) is 4.20. The predicted octanol–water partition coefficient (Wildman–Crippen LogP) is 4.54. The molecule has 170 valence electrons. The van der Waals surface area contributed by atoms with E-state index in [-0.39, 0.29) is 46.7 Å². The van der Waals surface area contributed by atoms with Crippen LogP contribution in [0.25, 0.3) is 10.8 Å². The number of carboxylic acid groups (broad SMARTS) is 1. The molecule has 0 aliphatic carbocycles. The molecule has 3 N–H and O–H groups in total. The van der Waals surface area contributed by atoms with E-state index in [9.17, 15) is 27.9 Å². The summed E-state index contributed by atoms with van der Waals surface area (Å²) >= 11 is 0.936. The first kappa shape index (κ1) is 22.3. The summed E-state index contributed by atoms with van der Waals surface area (Å²) in [6.07, 6.45) is -0.248. The number of anilines is 1. The molecule has 0 fully saturated rings. The van der Waals surface area contributed by atoms with Crippen LogP contribution in [0.1, 0.15) is 28.2 Å². The zero-order chi connectivity index (χ0) is 23.7. The normalized spacial score (nSPS) is 11.1. The number of halogens is 3. The quantitative estimate of drug-likeness (QED) is 0.364. The maximum atomic E-state index is 14.7. The Morgan fingerprint density at radius 1 is 1.03 bits per heavy atom. The molecule has 0 radical (unpaired) electrons. The van der Waals surface area contributed by atoms with Crippen molar-refractivity contribution in [2.24, 2.45) is 0 Å². The highest BCUT2D eigenvalue weighted by Crippen LogP contribution is 2.36. The third kappa shape index (κ3) is 4.53. The van der Waals surface area contributed by atoms with Crippen LogP contribution < -0.4 is 5.32 Å². The molecule has 0 aliphatic heterocycles. The van der Waals surface area contributed by atoms with Gasteiger partial charge in [-0.25, -0.2) is 22.9 Å². The van der Waals surface area contributed by atoms with Crippen molar-refractivity contribution >= 4 is 39.1 Å². The summed E-state index contributed by atoms with van der Waals surface area (Å²) in [5.41, 5.74) is 0.545. The molecule has 7 nitrogen and oxygen atoms in total. The van der Waals surface area contributed by atoms with Gasteiger partial charge >= 0.3 is 5.97 Å². The number of carbonyl (C=O) groups is 2. The Kier molecular flexibility index (Phi) is 6.05. The smallest absolute Gasteiger partial charge is 0.355 e. The topological polar surface area (TPSA) is 104 Å². The van der Waals surface area contributed by atoms with Crippen molar-refractivity contribution in [3.8, 4) is 5.88 Å². The summed E-state index contributed by atoms with van der Waals surface area (Å²) in [5.74, 6) is -4.31. The third-order valence-electron chi connectivity index (χ3n) is 5.01. The Balaban J connectivity index is 1.64. The Bertz CT molecular complexity index is 1370. The van der Waals surface area contributed by atoms with Crippen molar-refractivity contribution in [3.63, 3.8) is 0 Å². The number of aryl methyl sites for hydroxylation is 1.